The molecule has 8 nitrogen and oxygen atoms in total. The number of piperidine rings is 1. The molecule has 1 saturated heterocycles. The van der Waals surface area contributed by atoms with Gasteiger partial charge in [-0.15, -0.1) is 0 Å². The topological polar surface area (TPSA) is 102 Å². The van der Waals surface area contributed by atoms with E-state index < -0.39 is 11.9 Å². The minimum Gasteiger partial charge on any atom is -0.457 e. The van der Waals surface area contributed by atoms with Gasteiger partial charge in [0.1, 0.15) is 23.1 Å². The van der Waals surface area contributed by atoms with Crippen LogP contribution in [0.25, 0.3) is 11.0 Å². The van der Waals surface area contributed by atoms with Crippen LogP contribution in [0.3, 0.4) is 0 Å². The Bertz CT molecular complexity index is 1150. The fraction of sp³-hybridized carbons (Fsp3) is 0.375. The van der Waals surface area contributed by atoms with Gasteiger partial charge < -0.3 is 19.9 Å². The highest BCUT2D eigenvalue weighted by Crippen LogP contribution is 2.32. The van der Waals surface area contributed by atoms with Crippen molar-refractivity contribution in [2.45, 2.75) is 45.3 Å². The van der Waals surface area contributed by atoms with E-state index in [1.807, 2.05) is 23.1 Å². The predicted octanol–water partition coefficient (Wildman–Crippen LogP) is 3.11. The number of hydrogen-bond donors (Lipinski definition) is 2. The van der Waals surface area contributed by atoms with E-state index in [0.29, 0.717) is 31.1 Å². The van der Waals surface area contributed by atoms with E-state index in [-0.39, 0.29) is 17.8 Å². The molecule has 0 saturated carbocycles. The number of benzene rings is 2. The zero-order valence-electron chi connectivity index (χ0n) is 18.8. The van der Waals surface area contributed by atoms with Crippen molar-refractivity contribution in [3.63, 3.8) is 0 Å². The van der Waals surface area contributed by atoms with E-state index in [0.717, 1.165) is 29.7 Å². The van der Waals surface area contributed by atoms with E-state index in [4.69, 9.17) is 15.5 Å². The first-order valence-electron chi connectivity index (χ1n) is 11.0. The molecule has 2 amide bonds. The number of nitrogens with two attached hydrogens (primary N) is 1. The molecular formula is C24H28FN5O3. The van der Waals surface area contributed by atoms with Gasteiger partial charge >= 0.3 is 0 Å². The zero-order chi connectivity index (χ0) is 23.5. The van der Waals surface area contributed by atoms with E-state index in [1.165, 1.54) is 12.1 Å². The van der Waals surface area contributed by atoms with Gasteiger partial charge in [-0.05, 0) is 56.2 Å². The molecule has 174 valence electrons. The summed E-state index contributed by atoms with van der Waals surface area (Å²) in [6.45, 7) is 5.04. The maximum atomic E-state index is 13.2. The molecule has 1 aliphatic heterocycles. The van der Waals surface area contributed by atoms with Crippen molar-refractivity contribution in [1.29, 1.82) is 0 Å². The average molecular weight is 454 g/mol. The van der Waals surface area contributed by atoms with Crippen molar-refractivity contribution in [2.75, 3.05) is 13.1 Å². The Morgan fingerprint density at radius 3 is 2.48 bits per heavy atom. The number of likely N-dealkylation sites (tertiary alicyclic amines) is 1. The molecule has 2 aromatic carbocycles. The van der Waals surface area contributed by atoms with Crippen molar-refractivity contribution in [3.05, 3.63) is 54.1 Å². The Morgan fingerprint density at radius 2 is 1.85 bits per heavy atom. The Hall–Kier alpha value is -3.46. The number of hydrogen-bond acceptors (Lipinski definition) is 5. The van der Waals surface area contributed by atoms with Crippen molar-refractivity contribution >= 4 is 22.8 Å². The van der Waals surface area contributed by atoms with Crippen molar-refractivity contribution < 1.29 is 18.7 Å². The molecule has 9 heteroatoms. The number of halogens is 1. The monoisotopic (exact) mass is 453 g/mol. The predicted molar refractivity (Wildman–Crippen MR) is 122 cm³/mol. The third-order valence-electron chi connectivity index (χ3n) is 6.05. The Balaban J connectivity index is 1.66. The van der Waals surface area contributed by atoms with Gasteiger partial charge in [-0.2, -0.15) is 0 Å². The van der Waals surface area contributed by atoms with Gasteiger partial charge in [0.2, 0.25) is 11.8 Å². The fourth-order valence-corrected chi connectivity index (χ4v) is 4.14. The Kier molecular flexibility index (Phi) is 6.60. The Labute approximate surface area is 191 Å². The highest BCUT2D eigenvalue weighted by Gasteiger charge is 2.26. The van der Waals surface area contributed by atoms with Crippen LogP contribution in [0, 0.1) is 5.82 Å². The molecule has 1 aliphatic rings. The van der Waals surface area contributed by atoms with Crippen LogP contribution in [0.4, 0.5) is 4.39 Å². The van der Waals surface area contributed by atoms with E-state index >= 15 is 0 Å². The summed E-state index contributed by atoms with van der Waals surface area (Å²) in [5.41, 5.74) is 7.10. The molecule has 0 bridgehead atoms. The van der Waals surface area contributed by atoms with Crippen molar-refractivity contribution in [2.24, 2.45) is 5.73 Å². The lowest BCUT2D eigenvalue weighted by Crippen LogP contribution is -2.40. The first kappa shape index (κ1) is 22.7. The van der Waals surface area contributed by atoms with Crippen LogP contribution in [-0.4, -0.2) is 45.4 Å². The molecule has 2 heterocycles. The molecule has 33 heavy (non-hydrogen) atoms. The molecule has 1 atom stereocenters. The summed E-state index contributed by atoms with van der Waals surface area (Å²) in [6.07, 6.45) is 1.60. The van der Waals surface area contributed by atoms with Crippen LogP contribution >= 0.6 is 0 Å². The number of rotatable bonds is 7. The van der Waals surface area contributed by atoms with Gasteiger partial charge in [-0.3, -0.25) is 14.9 Å². The number of primary amides is 1. The quantitative estimate of drug-likeness (QED) is 0.572. The number of carbonyl (C=O) groups is 2. The average Bonchev–Trinajstić information content (AvgIpc) is 3.16. The lowest BCUT2D eigenvalue weighted by Gasteiger charge is -2.33. The smallest absolute Gasteiger partial charge is 0.234 e. The van der Waals surface area contributed by atoms with Gasteiger partial charge in [0.05, 0.1) is 23.6 Å². The first-order valence-corrected chi connectivity index (χ1v) is 11.0. The number of nitrogens with one attached hydrogen (secondary N) is 1. The summed E-state index contributed by atoms with van der Waals surface area (Å²) in [5.74, 6) is 1.27. The number of carbonyl (C=O) groups excluding carboxylic acids is 2. The molecule has 1 aromatic heterocycles. The molecule has 0 unspecified atom stereocenters. The standard InChI is InChI=1S/C24H28FN5O3/c1-15(24(26)32)27-14-23-28-21-8-7-20(33-19-5-3-17(25)4-6-19)13-22(21)30(23)18-9-11-29(12-10-18)16(2)31/h3-8,13,15,18,27H,9-12,14H2,1-2H3,(H2,26,32)/t15-/m0/s1. The summed E-state index contributed by atoms with van der Waals surface area (Å²) >= 11 is 0. The van der Waals surface area contributed by atoms with Crippen molar-refractivity contribution in [3.8, 4) is 11.5 Å². The normalized spacial score (nSPS) is 15.5. The summed E-state index contributed by atoms with van der Waals surface area (Å²) in [5, 5.41) is 3.14. The van der Waals surface area contributed by atoms with Crippen LogP contribution in [0.1, 0.15) is 38.6 Å². The highest BCUT2D eigenvalue weighted by molar-refractivity contribution is 5.80. The third-order valence-corrected chi connectivity index (χ3v) is 6.05. The number of ether oxygens (including phenoxy) is 1. The summed E-state index contributed by atoms with van der Waals surface area (Å²) in [4.78, 5) is 29.9. The molecule has 0 spiro atoms. The maximum Gasteiger partial charge on any atom is 0.234 e. The van der Waals surface area contributed by atoms with Gasteiger partial charge in [-0.1, -0.05) is 0 Å². The third kappa shape index (κ3) is 5.14. The molecule has 1 fully saturated rings. The lowest BCUT2D eigenvalue weighted by atomic mass is 10.0. The van der Waals surface area contributed by atoms with E-state index in [1.54, 1.807) is 26.0 Å². The summed E-state index contributed by atoms with van der Waals surface area (Å²) in [6, 6.07) is 11.1. The van der Waals surface area contributed by atoms with Gasteiger partial charge in [0.25, 0.3) is 0 Å². The molecular weight excluding hydrogens is 425 g/mol. The molecule has 3 N–H and O–H groups in total. The van der Waals surface area contributed by atoms with Gasteiger partial charge in [-0.25, -0.2) is 9.37 Å². The SMILES string of the molecule is CC(=O)N1CCC(n2c(CN[C@@H](C)C(N)=O)nc3ccc(Oc4ccc(F)cc4)cc32)CC1. The fourth-order valence-electron chi connectivity index (χ4n) is 4.14. The first-order chi connectivity index (χ1) is 15.8. The van der Waals surface area contributed by atoms with Crippen LogP contribution in [0.2, 0.25) is 0 Å². The number of aromatic nitrogens is 2. The number of fused-ring (bicyclic) bond motifs is 1. The van der Waals surface area contributed by atoms with Gasteiger partial charge in [0.15, 0.2) is 0 Å². The van der Waals surface area contributed by atoms with E-state index in [9.17, 15) is 14.0 Å². The summed E-state index contributed by atoms with van der Waals surface area (Å²) < 4.78 is 21.3. The van der Waals surface area contributed by atoms with Crippen LogP contribution < -0.4 is 15.8 Å². The second kappa shape index (κ2) is 9.58. The largest absolute Gasteiger partial charge is 0.457 e. The molecule has 3 aromatic rings. The van der Waals surface area contributed by atoms with Crippen LogP contribution in [-0.2, 0) is 16.1 Å². The lowest BCUT2D eigenvalue weighted by molar-refractivity contribution is -0.130. The molecule has 0 radical (unpaired) electrons. The minimum atomic E-state index is -0.491. The molecule has 4 rings (SSSR count). The van der Waals surface area contributed by atoms with Crippen LogP contribution in [0.5, 0.6) is 11.5 Å². The zero-order valence-corrected chi connectivity index (χ0v) is 18.8. The maximum absolute atomic E-state index is 13.2. The number of imidazole rings is 1. The second-order valence-electron chi connectivity index (χ2n) is 8.35. The number of amides is 2. The minimum absolute atomic E-state index is 0.0797. The summed E-state index contributed by atoms with van der Waals surface area (Å²) in [7, 11) is 0. The number of nitrogens with zero attached hydrogens (tertiary/aromatic N) is 3. The van der Waals surface area contributed by atoms with Crippen LogP contribution in [0.15, 0.2) is 42.5 Å². The molecule has 0 aliphatic carbocycles. The Morgan fingerprint density at radius 1 is 1.18 bits per heavy atom. The highest BCUT2D eigenvalue weighted by atomic mass is 19.1. The van der Waals surface area contributed by atoms with E-state index in [2.05, 4.69) is 9.88 Å². The second-order valence-corrected chi connectivity index (χ2v) is 8.35. The van der Waals surface area contributed by atoms with Crippen molar-refractivity contribution in [1.82, 2.24) is 19.8 Å². The van der Waals surface area contributed by atoms with Gasteiger partial charge in [0, 0.05) is 32.1 Å².